The molecule has 0 unspecified atom stereocenters. The van der Waals surface area contributed by atoms with Crippen LogP contribution in [0, 0.1) is 0 Å². The average molecular weight is 529 g/mol. The average Bonchev–Trinajstić information content (AvgIpc) is 2.53. The summed E-state index contributed by atoms with van der Waals surface area (Å²) in [6.07, 6.45) is -3.71. The van der Waals surface area contributed by atoms with Gasteiger partial charge in [-0.25, -0.2) is 13.4 Å². The van der Waals surface area contributed by atoms with Crippen molar-refractivity contribution in [3.8, 4) is 5.75 Å². The van der Waals surface area contributed by atoms with Gasteiger partial charge in [-0.15, -0.1) is 37.1 Å². The number of nitrogens with two attached hydrogens (primary N) is 1. The van der Waals surface area contributed by atoms with E-state index < -0.39 is 21.9 Å². The van der Waals surface area contributed by atoms with E-state index in [9.17, 15) is 21.6 Å². The van der Waals surface area contributed by atoms with Crippen LogP contribution in [0.1, 0.15) is 11.1 Å². The molecule has 11 heteroatoms. The maximum atomic E-state index is 12.4. The topological polar surface area (TPSA) is 93.8 Å². The Kier molecular flexibility index (Phi) is 8.54. The van der Waals surface area contributed by atoms with Crippen molar-refractivity contribution >= 4 is 45.5 Å². The van der Waals surface area contributed by atoms with Crippen LogP contribution in [-0.2, 0) is 22.1 Å². The minimum atomic E-state index is -4.84. The number of hydrogen-bond donors (Lipinski definition) is 2. The number of anilines is 1. The first-order valence-corrected chi connectivity index (χ1v) is 9.76. The number of nitrogens with one attached hydrogen (secondary N) is 1. The number of hydrogen-bond acceptors (Lipinski definition) is 4. The van der Waals surface area contributed by atoms with E-state index in [4.69, 9.17) is 5.73 Å². The Morgan fingerprint density at radius 1 is 1.11 bits per heavy atom. The van der Waals surface area contributed by atoms with Gasteiger partial charge in [-0.2, -0.15) is 0 Å². The number of aliphatic imine (C=N–C) groups is 1. The molecule has 0 amide bonds. The van der Waals surface area contributed by atoms with Crippen molar-refractivity contribution in [3.05, 3.63) is 59.7 Å². The molecule has 0 aliphatic rings. The van der Waals surface area contributed by atoms with Crippen LogP contribution >= 0.6 is 24.0 Å². The lowest BCUT2D eigenvalue weighted by atomic mass is 10.1. The summed E-state index contributed by atoms with van der Waals surface area (Å²) < 4.78 is 64.3. The van der Waals surface area contributed by atoms with E-state index in [1.165, 1.54) is 18.2 Å². The fourth-order valence-corrected chi connectivity index (χ4v) is 3.11. The minimum Gasteiger partial charge on any atom is -0.404 e. The molecule has 2 aromatic rings. The summed E-state index contributed by atoms with van der Waals surface area (Å²) in [4.78, 5) is 4.07. The molecular formula is C17H19F3IN3O3S. The molecule has 28 heavy (non-hydrogen) atoms. The van der Waals surface area contributed by atoms with Crippen LogP contribution in [0.15, 0.2) is 53.5 Å². The Labute approximate surface area is 177 Å². The quantitative estimate of drug-likeness (QED) is 0.339. The molecule has 0 atom stereocenters. The highest BCUT2D eigenvalue weighted by Gasteiger charge is 2.32. The summed E-state index contributed by atoms with van der Waals surface area (Å²) in [5.74, 6) is -0.725. The molecule has 2 rings (SSSR count). The monoisotopic (exact) mass is 529 g/mol. The van der Waals surface area contributed by atoms with E-state index >= 15 is 0 Å². The van der Waals surface area contributed by atoms with Crippen molar-refractivity contribution in [1.29, 1.82) is 0 Å². The molecule has 0 saturated heterocycles. The highest BCUT2D eigenvalue weighted by atomic mass is 127. The Bertz CT molecular complexity index is 934. The van der Waals surface area contributed by atoms with Gasteiger partial charge < -0.3 is 15.8 Å². The van der Waals surface area contributed by atoms with Crippen molar-refractivity contribution < 1.29 is 26.3 Å². The molecule has 0 aliphatic heterocycles. The SMILES string of the molecule is CS(=O)(=O)Cc1ccccc1CN=C(N)Nc1ccccc1OC(F)(F)F.I. The van der Waals surface area contributed by atoms with Gasteiger partial charge in [0.1, 0.15) is 0 Å². The number of nitrogens with zero attached hydrogens (tertiary/aromatic N) is 1. The molecule has 3 N–H and O–H groups in total. The molecule has 0 aliphatic carbocycles. The second-order valence-corrected chi connectivity index (χ2v) is 7.85. The Morgan fingerprint density at radius 3 is 2.29 bits per heavy atom. The van der Waals surface area contributed by atoms with E-state index in [1.54, 1.807) is 24.3 Å². The van der Waals surface area contributed by atoms with E-state index in [-0.39, 0.29) is 47.9 Å². The lowest BCUT2D eigenvalue weighted by molar-refractivity contribution is -0.274. The summed E-state index contributed by atoms with van der Waals surface area (Å²) in [5.41, 5.74) is 6.97. The minimum absolute atomic E-state index is 0. The number of halogens is 4. The van der Waals surface area contributed by atoms with Gasteiger partial charge in [0.15, 0.2) is 21.5 Å². The largest absolute Gasteiger partial charge is 0.573 e. The van der Waals surface area contributed by atoms with Crippen LogP contribution in [0.4, 0.5) is 18.9 Å². The van der Waals surface area contributed by atoms with Gasteiger partial charge in [0, 0.05) is 6.26 Å². The summed E-state index contributed by atoms with van der Waals surface area (Å²) in [6.45, 7) is 0.0623. The van der Waals surface area contributed by atoms with Gasteiger partial charge in [-0.3, -0.25) is 0 Å². The first kappa shape index (κ1) is 24.0. The number of sulfone groups is 1. The highest BCUT2D eigenvalue weighted by Crippen LogP contribution is 2.29. The van der Waals surface area contributed by atoms with Crippen molar-refractivity contribution in [2.45, 2.75) is 18.7 Å². The van der Waals surface area contributed by atoms with Gasteiger partial charge in [-0.1, -0.05) is 36.4 Å². The zero-order valence-electron chi connectivity index (χ0n) is 14.7. The van der Waals surface area contributed by atoms with Gasteiger partial charge in [0.25, 0.3) is 0 Å². The molecule has 0 radical (unpaired) electrons. The number of rotatable bonds is 6. The molecule has 154 valence electrons. The maximum absolute atomic E-state index is 12.4. The third-order valence-electron chi connectivity index (χ3n) is 3.33. The molecular weight excluding hydrogens is 510 g/mol. The smallest absolute Gasteiger partial charge is 0.404 e. The predicted molar refractivity (Wildman–Crippen MR) is 112 cm³/mol. The van der Waals surface area contributed by atoms with Crippen LogP contribution in [-0.4, -0.2) is 27.0 Å². The molecule has 0 aromatic heterocycles. The molecule has 0 saturated carbocycles. The predicted octanol–water partition coefficient (Wildman–Crippen LogP) is 3.67. The fraction of sp³-hybridized carbons (Fsp3) is 0.235. The van der Waals surface area contributed by atoms with Crippen molar-refractivity contribution in [2.24, 2.45) is 10.7 Å². The van der Waals surface area contributed by atoms with Crippen molar-refractivity contribution in [2.75, 3.05) is 11.6 Å². The number of guanidine groups is 1. The standard InChI is InChI=1S/C17H18F3N3O3S.HI/c1-27(24,25)11-13-7-3-2-6-12(13)10-22-16(21)23-14-8-4-5-9-15(14)26-17(18,19)20;/h2-9H,10-11H2,1H3,(H3,21,22,23);1H. The number of para-hydroxylation sites is 2. The lowest BCUT2D eigenvalue weighted by Crippen LogP contribution is -2.24. The van der Waals surface area contributed by atoms with Crippen molar-refractivity contribution in [1.82, 2.24) is 0 Å². The van der Waals surface area contributed by atoms with E-state index in [0.29, 0.717) is 11.1 Å². The van der Waals surface area contributed by atoms with Crippen LogP contribution in [0.2, 0.25) is 0 Å². The molecule has 2 aromatic carbocycles. The number of benzene rings is 2. The van der Waals surface area contributed by atoms with Gasteiger partial charge >= 0.3 is 6.36 Å². The third kappa shape index (κ3) is 8.33. The fourth-order valence-electron chi connectivity index (χ4n) is 2.27. The normalized spacial score (nSPS) is 12.2. The van der Waals surface area contributed by atoms with Crippen LogP contribution in [0.5, 0.6) is 5.75 Å². The molecule has 6 nitrogen and oxygen atoms in total. The number of alkyl halides is 3. The van der Waals surface area contributed by atoms with Crippen LogP contribution in [0.25, 0.3) is 0 Å². The van der Waals surface area contributed by atoms with E-state index in [1.807, 2.05) is 0 Å². The molecule has 0 spiro atoms. The second kappa shape index (κ2) is 9.96. The first-order chi connectivity index (χ1) is 12.5. The Balaban J connectivity index is 0.00000392. The summed E-state index contributed by atoms with van der Waals surface area (Å²) in [7, 11) is -3.23. The zero-order chi connectivity index (χ0) is 20.1. The van der Waals surface area contributed by atoms with Crippen LogP contribution < -0.4 is 15.8 Å². The highest BCUT2D eigenvalue weighted by molar-refractivity contribution is 14.0. The van der Waals surface area contributed by atoms with Crippen LogP contribution in [0.3, 0.4) is 0 Å². The summed E-state index contributed by atoms with van der Waals surface area (Å²) in [5, 5.41) is 2.56. The van der Waals surface area contributed by atoms with E-state index in [2.05, 4.69) is 15.0 Å². The third-order valence-corrected chi connectivity index (χ3v) is 4.17. The molecule has 0 fully saturated rings. The van der Waals surface area contributed by atoms with E-state index in [0.717, 1.165) is 12.3 Å². The maximum Gasteiger partial charge on any atom is 0.573 e. The molecule has 0 bridgehead atoms. The number of ether oxygens (including phenoxy) is 1. The second-order valence-electron chi connectivity index (χ2n) is 5.71. The Morgan fingerprint density at radius 2 is 1.68 bits per heavy atom. The molecule has 0 heterocycles. The Hall–Kier alpha value is -2.02. The first-order valence-electron chi connectivity index (χ1n) is 7.70. The summed E-state index contributed by atoms with van der Waals surface area (Å²) in [6, 6.07) is 12.2. The van der Waals surface area contributed by atoms with Gasteiger partial charge in [0.05, 0.1) is 18.0 Å². The van der Waals surface area contributed by atoms with Crippen molar-refractivity contribution in [3.63, 3.8) is 0 Å². The zero-order valence-corrected chi connectivity index (χ0v) is 17.9. The lowest BCUT2D eigenvalue weighted by Gasteiger charge is -2.14. The van der Waals surface area contributed by atoms with Gasteiger partial charge in [-0.05, 0) is 23.3 Å². The summed E-state index contributed by atoms with van der Waals surface area (Å²) >= 11 is 0. The van der Waals surface area contributed by atoms with Gasteiger partial charge in [0.2, 0.25) is 0 Å².